The number of benzene rings is 2. The molecule has 0 aliphatic carbocycles. The molecule has 0 spiro atoms. The van der Waals surface area contributed by atoms with Gasteiger partial charge in [-0.1, -0.05) is 29.8 Å². The highest BCUT2D eigenvalue weighted by atomic mass is 35.5. The molecule has 5 aromatic rings. The van der Waals surface area contributed by atoms with Gasteiger partial charge in [0.05, 0.1) is 16.6 Å². The van der Waals surface area contributed by atoms with E-state index in [1.807, 2.05) is 48.5 Å². The van der Waals surface area contributed by atoms with E-state index in [1.165, 1.54) is 0 Å². The lowest BCUT2D eigenvalue weighted by atomic mass is 10.1. The lowest BCUT2D eigenvalue weighted by Gasteiger charge is -2.04. The Morgan fingerprint density at radius 1 is 0.909 bits per heavy atom. The number of hydrogen-bond donors (Lipinski definition) is 0. The molecular weight excluding hydrogens is 296 g/mol. The van der Waals surface area contributed by atoms with Gasteiger partial charge in [-0.2, -0.15) is 0 Å². The van der Waals surface area contributed by atoms with Crippen molar-refractivity contribution in [2.45, 2.75) is 0 Å². The van der Waals surface area contributed by atoms with Crippen molar-refractivity contribution in [1.29, 1.82) is 0 Å². The van der Waals surface area contributed by atoms with E-state index in [9.17, 15) is 4.79 Å². The van der Waals surface area contributed by atoms with Crippen LogP contribution >= 0.6 is 11.6 Å². The molecule has 2 aromatic carbocycles. The topological polar surface area (TPSA) is 34.4 Å². The summed E-state index contributed by atoms with van der Waals surface area (Å²) in [6, 6.07) is 15.2. The number of aromatic nitrogens is 2. The molecule has 3 nitrogen and oxygen atoms in total. The highest BCUT2D eigenvalue weighted by Gasteiger charge is 2.17. The quantitative estimate of drug-likeness (QED) is 0.401. The number of halogens is 1. The van der Waals surface area contributed by atoms with Gasteiger partial charge in [0, 0.05) is 32.8 Å². The third kappa shape index (κ3) is 1.32. The van der Waals surface area contributed by atoms with Crippen molar-refractivity contribution in [3.05, 3.63) is 70.1 Å². The molecule has 104 valence electrons. The standard InChI is InChI=1S/C18H9ClN2O/c19-10-5-6-15-14(9-10)12-7-8-20-16-11-3-1-2-4-13(11)18(22)21(15)17(12)16/h1-9H. The Kier molecular flexibility index (Phi) is 2.15. The van der Waals surface area contributed by atoms with Crippen LogP contribution in [0.25, 0.3) is 38.1 Å². The summed E-state index contributed by atoms with van der Waals surface area (Å²) >= 11 is 6.14. The van der Waals surface area contributed by atoms with E-state index in [0.717, 1.165) is 32.7 Å². The molecule has 3 heterocycles. The number of hydrogen-bond acceptors (Lipinski definition) is 2. The van der Waals surface area contributed by atoms with Gasteiger partial charge in [0.15, 0.2) is 0 Å². The molecular formula is C18H9ClN2O. The van der Waals surface area contributed by atoms with E-state index < -0.39 is 0 Å². The molecule has 0 N–H and O–H groups in total. The zero-order chi connectivity index (χ0) is 14.8. The fourth-order valence-corrected chi connectivity index (χ4v) is 3.51. The van der Waals surface area contributed by atoms with Crippen molar-refractivity contribution in [2.75, 3.05) is 0 Å². The van der Waals surface area contributed by atoms with E-state index in [4.69, 9.17) is 11.6 Å². The van der Waals surface area contributed by atoms with Crippen molar-refractivity contribution in [3.63, 3.8) is 0 Å². The Morgan fingerprint density at radius 3 is 2.59 bits per heavy atom. The first-order chi connectivity index (χ1) is 10.8. The van der Waals surface area contributed by atoms with Crippen LogP contribution in [-0.2, 0) is 0 Å². The second kappa shape index (κ2) is 3.96. The minimum absolute atomic E-state index is 0.0153. The zero-order valence-corrected chi connectivity index (χ0v) is 12.1. The molecule has 0 saturated heterocycles. The summed E-state index contributed by atoms with van der Waals surface area (Å²) in [7, 11) is 0. The van der Waals surface area contributed by atoms with Crippen LogP contribution in [0.1, 0.15) is 0 Å². The maximum Gasteiger partial charge on any atom is 0.263 e. The molecule has 4 heteroatoms. The van der Waals surface area contributed by atoms with Gasteiger partial charge in [-0.3, -0.25) is 14.2 Å². The molecule has 0 aliphatic rings. The maximum atomic E-state index is 13.0. The fraction of sp³-hybridized carbons (Fsp3) is 0. The predicted molar refractivity (Wildman–Crippen MR) is 90.2 cm³/mol. The Balaban J connectivity index is 2.29. The smallest absolute Gasteiger partial charge is 0.263 e. The summed E-state index contributed by atoms with van der Waals surface area (Å²) in [5.74, 6) is 0. The molecule has 5 rings (SSSR count). The van der Waals surface area contributed by atoms with Crippen LogP contribution in [0, 0.1) is 0 Å². The van der Waals surface area contributed by atoms with Crippen LogP contribution < -0.4 is 5.56 Å². The van der Waals surface area contributed by atoms with E-state index in [2.05, 4.69) is 4.98 Å². The minimum atomic E-state index is -0.0153. The first kappa shape index (κ1) is 12.0. The Morgan fingerprint density at radius 2 is 1.73 bits per heavy atom. The zero-order valence-electron chi connectivity index (χ0n) is 11.4. The van der Waals surface area contributed by atoms with Gasteiger partial charge in [0.2, 0.25) is 0 Å². The molecule has 0 fully saturated rings. The van der Waals surface area contributed by atoms with Gasteiger partial charge >= 0.3 is 0 Å². The molecule has 3 aromatic heterocycles. The fourth-order valence-electron chi connectivity index (χ4n) is 3.34. The second-order valence-electron chi connectivity index (χ2n) is 5.40. The number of pyridine rings is 2. The molecule has 0 unspecified atom stereocenters. The highest BCUT2D eigenvalue weighted by molar-refractivity contribution is 6.32. The van der Waals surface area contributed by atoms with E-state index in [1.54, 1.807) is 10.6 Å². The summed E-state index contributed by atoms with van der Waals surface area (Å²) in [5.41, 5.74) is 2.56. The highest BCUT2D eigenvalue weighted by Crippen LogP contribution is 2.33. The molecule has 22 heavy (non-hydrogen) atoms. The molecule has 0 saturated carbocycles. The van der Waals surface area contributed by atoms with Crippen molar-refractivity contribution in [3.8, 4) is 0 Å². The van der Waals surface area contributed by atoms with Crippen molar-refractivity contribution in [1.82, 2.24) is 9.38 Å². The summed E-state index contributed by atoms with van der Waals surface area (Å²) in [6.07, 6.45) is 1.79. The third-order valence-corrected chi connectivity index (χ3v) is 4.49. The van der Waals surface area contributed by atoms with Gasteiger partial charge in [0.1, 0.15) is 0 Å². The first-order valence-corrected chi connectivity index (χ1v) is 7.36. The lowest BCUT2D eigenvalue weighted by Crippen LogP contribution is -2.13. The largest absolute Gasteiger partial charge is 0.273 e. The molecule has 0 amide bonds. The molecule has 0 radical (unpaired) electrons. The number of nitrogens with zero attached hydrogens (tertiary/aromatic N) is 2. The average Bonchev–Trinajstić information content (AvgIpc) is 2.88. The van der Waals surface area contributed by atoms with Gasteiger partial charge < -0.3 is 0 Å². The van der Waals surface area contributed by atoms with Crippen molar-refractivity contribution >= 4 is 49.7 Å². The first-order valence-electron chi connectivity index (χ1n) is 6.98. The molecule has 0 atom stereocenters. The van der Waals surface area contributed by atoms with Gasteiger partial charge in [0.25, 0.3) is 5.56 Å². The lowest BCUT2D eigenvalue weighted by molar-refractivity contribution is 1.20. The average molecular weight is 305 g/mol. The predicted octanol–water partition coefficient (Wildman–Crippen LogP) is 4.25. The SMILES string of the molecule is O=c1c2ccccc2c2nccc3c4cc(Cl)ccc4n1c32. The second-order valence-corrected chi connectivity index (χ2v) is 5.84. The number of rotatable bonds is 0. The molecule has 0 aliphatic heterocycles. The Bertz CT molecular complexity index is 1260. The van der Waals surface area contributed by atoms with Crippen LogP contribution in [0.3, 0.4) is 0 Å². The van der Waals surface area contributed by atoms with Gasteiger partial charge in [-0.25, -0.2) is 0 Å². The van der Waals surface area contributed by atoms with Crippen LogP contribution in [0.2, 0.25) is 5.02 Å². The molecule has 0 bridgehead atoms. The van der Waals surface area contributed by atoms with Gasteiger partial charge in [-0.05, 0) is 30.3 Å². The van der Waals surface area contributed by atoms with E-state index in [-0.39, 0.29) is 5.56 Å². The minimum Gasteiger partial charge on any atom is -0.273 e. The summed E-state index contributed by atoms with van der Waals surface area (Å²) in [4.78, 5) is 17.5. The van der Waals surface area contributed by atoms with Gasteiger partial charge in [-0.15, -0.1) is 0 Å². The van der Waals surface area contributed by atoms with Crippen LogP contribution in [0.15, 0.2) is 59.5 Å². The van der Waals surface area contributed by atoms with E-state index >= 15 is 0 Å². The summed E-state index contributed by atoms with van der Waals surface area (Å²) < 4.78 is 1.76. The van der Waals surface area contributed by atoms with Crippen molar-refractivity contribution in [2.24, 2.45) is 0 Å². The summed E-state index contributed by atoms with van der Waals surface area (Å²) in [6.45, 7) is 0. The Labute approximate surface area is 129 Å². The summed E-state index contributed by atoms with van der Waals surface area (Å²) in [5, 5.41) is 4.22. The van der Waals surface area contributed by atoms with Crippen LogP contribution in [-0.4, -0.2) is 9.38 Å². The third-order valence-electron chi connectivity index (χ3n) is 4.25. The van der Waals surface area contributed by atoms with Crippen LogP contribution in [0.5, 0.6) is 0 Å². The monoisotopic (exact) mass is 304 g/mol. The van der Waals surface area contributed by atoms with Crippen LogP contribution in [0.4, 0.5) is 0 Å². The van der Waals surface area contributed by atoms with E-state index in [0.29, 0.717) is 10.4 Å². The number of fused-ring (bicyclic) bond motifs is 5. The van der Waals surface area contributed by atoms with Crippen molar-refractivity contribution < 1.29 is 0 Å². The normalized spacial score (nSPS) is 12.0. The Hall–Kier alpha value is -2.65. The maximum absolute atomic E-state index is 13.0.